The second kappa shape index (κ2) is 18.4. The van der Waals surface area contributed by atoms with Crippen LogP contribution in [0.25, 0.3) is 0 Å². The smallest absolute Gasteiger partial charge is 0.328 e. The Bertz CT molecular complexity index is 1730. The fourth-order valence-corrected chi connectivity index (χ4v) is 7.20. The molecule has 1 aliphatic carbocycles. The summed E-state index contributed by atoms with van der Waals surface area (Å²) in [6.07, 6.45) is -2.66. The molecule has 1 saturated carbocycles. The van der Waals surface area contributed by atoms with E-state index in [1.54, 1.807) is 0 Å². The summed E-state index contributed by atoms with van der Waals surface area (Å²) < 4.78 is 53.5. The molecule has 6 rings (SSSR count). The molecule has 0 heterocycles. The normalized spacial score (nSPS) is 21.7. The van der Waals surface area contributed by atoms with Gasteiger partial charge in [-0.05, 0) is 27.8 Å². The van der Waals surface area contributed by atoms with Crippen molar-refractivity contribution in [1.29, 1.82) is 0 Å². The van der Waals surface area contributed by atoms with Crippen molar-refractivity contribution in [2.24, 2.45) is 0 Å². The molecule has 0 aliphatic heterocycles. The Morgan fingerprint density at radius 1 is 0.440 bits per heavy atom. The van der Waals surface area contributed by atoms with Crippen LogP contribution in [-0.2, 0) is 65.6 Å². The van der Waals surface area contributed by atoms with E-state index >= 15 is 0 Å². The minimum absolute atomic E-state index is 0.142. The monoisotopic (exact) mass is 692 g/mol. The van der Waals surface area contributed by atoms with E-state index in [2.05, 4.69) is 0 Å². The van der Waals surface area contributed by atoms with E-state index in [9.17, 15) is 4.57 Å². The lowest BCUT2D eigenvalue weighted by molar-refractivity contribution is -0.232. The number of benzene rings is 5. The van der Waals surface area contributed by atoms with Crippen molar-refractivity contribution >= 4 is 7.60 Å². The summed E-state index contributed by atoms with van der Waals surface area (Å²) in [5.74, 6) is 0. The Morgan fingerprint density at radius 3 is 1.16 bits per heavy atom. The zero-order valence-electron chi connectivity index (χ0n) is 28.4. The molecule has 50 heavy (non-hydrogen) atoms. The molecular formula is C42H45O7P. The molecule has 0 N–H and O–H groups in total. The van der Waals surface area contributed by atoms with Crippen LogP contribution in [0, 0.1) is 0 Å². The number of hydrogen-bond acceptors (Lipinski definition) is 7. The van der Waals surface area contributed by atoms with Crippen molar-refractivity contribution < 1.29 is 32.6 Å². The summed E-state index contributed by atoms with van der Waals surface area (Å²) in [4.78, 5) is 0. The average Bonchev–Trinajstić information content (AvgIpc) is 3.16. The number of hydrogen-bond donors (Lipinski definition) is 0. The predicted octanol–water partition coefficient (Wildman–Crippen LogP) is 9.16. The van der Waals surface area contributed by atoms with Crippen LogP contribution >= 0.6 is 7.60 Å². The van der Waals surface area contributed by atoms with Gasteiger partial charge in [0.2, 0.25) is 0 Å². The molecule has 0 spiro atoms. The highest BCUT2D eigenvalue weighted by molar-refractivity contribution is 7.52. The second-order valence-corrected chi connectivity index (χ2v) is 14.5. The first-order valence-electron chi connectivity index (χ1n) is 17.1. The second-order valence-electron chi connectivity index (χ2n) is 12.5. The van der Waals surface area contributed by atoms with Crippen LogP contribution in [0.1, 0.15) is 34.2 Å². The molecule has 6 atom stereocenters. The molecule has 260 valence electrons. The Hall–Kier alpha value is -3.91. The lowest BCUT2D eigenvalue weighted by Gasteiger charge is -2.46. The zero-order chi connectivity index (χ0) is 34.4. The topological polar surface area (TPSA) is 72.5 Å². The maximum atomic E-state index is 14.1. The minimum Gasteiger partial charge on any atom is -0.371 e. The SMILES string of the molecule is CP(=O)(OCc1ccccc1)O[C@H]1[C@H](OCc2ccccc2)[C@@H](OCc2ccccc2)[C@H](OCc2ccccc2)C[C@H]1OCc1ccccc1. The summed E-state index contributed by atoms with van der Waals surface area (Å²) in [6, 6.07) is 49.7. The molecule has 0 radical (unpaired) electrons. The minimum atomic E-state index is -3.64. The van der Waals surface area contributed by atoms with Crippen LogP contribution in [0.3, 0.4) is 0 Å². The van der Waals surface area contributed by atoms with Gasteiger partial charge in [-0.1, -0.05) is 152 Å². The van der Waals surface area contributed by atoms with Crippen LogP contribution < -0.4 is 0 Å². The first kappa shape index (κ1) is 35.9. The van der Waals surface area contributed by atoms with Gasteiger partial charge in [-0.2, -0.15) is 0 Å². The van der Waals surface area contributed by atoms with E-state index in [0.717, 1.165) is 27.8 Å². The Kier molecular flexibility index (Phi) is 13.2. The highest BCUT2D eigenvalue weighted by Gasteiger charge is 2.50. The molecule has 0 bridgehead atoms. The van der Waals surface area contributed by atoms with Gasteiger partial charge in [0.15, 0.2) is 0 Å². The standard InChI is InChI=1S/C42H45O7P/c1-50(43,48-32-37-25-15-6-16-26-37)49-41-39(45-29-34-19-9-3-10-20-34)27-38(44-28-33-17-7-2-8-18-33)40(46-30-35-21-11-4-12-22-35)42(41)47-31-36-23-13-5-14-24-36/h2-26,38-42H,27-32H2,1H3/t38-,39-,40+,41-,42-,50?/m1/s1. The van der Waals surface area contributed by atoms with Gasteiger partial charge in [0.25, 0.3) is 0 Å². The van der Waals surface area contributed by atoms with E-state index < -0.39 is 38.1 Å². The van der Waals surface area contributed by atoms with E-state index in [1.807, 2.05) is 152 Å². The highest BCUT2D eigenvalue weighted by atomic mass is 31.2. The van der Waals surface area contributed by atoms with Crippen LogP contribution in [0.2, 0.25) is 0 Å². The number of ether oxygens (including phenoxy) is 4. The predicted molar refractivity (Wildman–Crippen MR) is 194 cm³/mol. The molecule has 0 amide bonds. The Morgan fingerprint density at radius 2 is 0.760 bits per heavy atom. The third kappa shape index (κ3) is 10.8. The molecule has 8 heteroatoms. The quantitative estimate of drug-likeness (QED) is 0.0901. The molecule has 0 aromatic heterocycles. The third-order valence-corrected chi connectivity index (χ3v) is 9.88. The van der Waals surface area contributed by atoms with Gasteiger partial charge in [-0.25, -0.2) is 0 Å². The zero-order valence-corrected chi connectivity index (χ0v) is 29.3. The van der Waals surface area contributed by atoms with Gasteiger partial charge in [0.05, 0.1) is 45.2 Å². The lowest BCUT2D eigenvalue weighted by atomic mass is 9.86. The molecule has 1 aliphatic rings. The molecule has 5 aromatic rings. The van der Waals surface area contributed by atoms with Gasteiger partial charge in [-0.3, -0.25) is 9.09 Å². The van der Waals surface area contributed by atoms with Gasteiger partial charge >= 0.3 is 7.60 Å². The van der Waals surface area contributed by atoms with Crippen molar-refractivity contribution in [1.82, 2.24) is 0 Å². The molecule has 5 aromatic carbocycles. The number of rotatable bonds is 17. The van der Waals surface area contributed by atoms with Crippen molar-refractivity contribution in [2.75, 3.05) is 6.66 Å². The van der Waals surface area contributed by atoms with E-state index in [0.29, 0.717) is 26.2 Å². The molecular weight excluding hydrogens is 647 g/mol. The van der Waals surface area contributed by atoms with Crippen molar-refractivity contribution in [3.05, 3.63) is 179 Å². The van der Waals surface area contributed by atoms with Crippen LogP contribution in [-0.4, -0.2) is 37.2 Å². The first-order chi connectivity index (χ1) is 24.5. The average molecular weight is 693 g/mol. The largest absolute Gasteiger partial charge is 0.371 e. The van der Waals surface area contributed by atoms with Gasteiger partial charge in [-0.15, -0.1) is 0 Å². The third-order valence-electron chi connectivity index (χ3n) is 8.65. The summed E-state index contributed by atoms with van der Waals surface area (Å²) in [7, 11) is -3.64. The molecule has 1 unspecified atom stereocenters. The highest BCUT2D eigenvalue weighted by Crippen LogP contribution is 2.49. The van der Waals surface area contributed by atoms with Crippen molar-refractivity contribution in [2.45, 2.75) is 70.0 Å². The van der Waals surface area contributed by atoms with Crippen LogP contribution in [0.15, 0.2) is 152 Å². The summed E-state index contributed by atoms with van der Waals surface area (Å²) >= 11 is 0. The lowest BCUT2D eigenvalue weighted by Crippen LogP contribution is -2.59. The van der Waals surface area contributed by atoms with Gasteiger partial charge in [0, 0.05) is 13.1 Å². The summed E-state index contributed by atoms with van der Waals surface area (Å²) in [5.41, 5.74) is 4.96. The Labute approximate surface area is 295 Å². The van der Waals surface area contributed by atoms with Gasteiger partial charge in [0.1, 0.15) is 18.3 Å². The molecule has 1 fully saturated rings. The van der Waals surface area contributed by atoms with Crippen LogP contribution in [0.4, 0.5) is 0 Å². The maximum Gasteiger partial charge on any atom is 0.328 e. The Balaban J connectivity index is 1.32. The fraction of sp³-hybridized carbons (Fsp3) is 0.286. The fourth-order valence-electron chi connectivity index (χ4n) is 6.06. The van der Waals surface area contributed by atoms with E-state index in [1.165, 1.54) is 6.66 Å². The summed E-state index contributed by atoms with van der Waals surface area (Å²) in [6.45, 7) is 2.98. The van der Waals surface area contributed by atoms with Crippen molar-refractivity contribution in [3.8, 4) is 0 Å². The van der Waals surface area contributed by atoms with Crippen LogP contribution in [0.5, 0.6) is 0 Å². The maximum absolute atomic E-state index is 14.1. The van der Waals surface area contributed by atoms with E-state index in [-0.39, 0.29) is 13.2 Å². The molecule has 0 saturated heterocycles. The van der Waals surface area contributed by atoms with Crippen molar-refractivity contribution in [3.63, 3.8) is 0 Å². The first-order valence-corrected chi connectivity index (χ1v) is 19.1. The summed E-state index contributed by atoms with van der Waals surface area (Å²) in [5, 5.41) is 0. The van der Waals surface area contributed by atoms with Gasteiger partial charge < -0.3 is 23.5 Å². The van der Waals surface area contributed by atoms with E-state index in [4.69, 9.17) is 28.0 Å². The molecule has 7 nitrogen and oxygen atoms in total.